The van der Waals surface area contributed by atoms with E-state index >= 15 is 0 Å². The second-order valence-corrected chi connectivity index (χ2v) is 5.78. The second-order valence-electron chi connectivity index (χ2n) is 5.78. The van der Waals surface area contributed by atoms with Gasteiger partial charge in [0, 0.05) is 24.9 Å². The molecule has 0 spiro atoms. The normalized spacial score (nSPS) is 10.8. The quantitative estimate of drug-likeness (QED) is 0.810. The van der Waals surface area contributed by atoms with E-state index in [0.717, 1.165) is 17.7 Å². The highest BCUT2D eigenvalue weighted by Crippen LogP contribution is 2.21. The predicted molar refractivity (Wildman–Crippen MR) is 87.1 cm³/mol. The van der Waals surface area contributed by atoms with Crippen molar-refractivity contribution in [2.45, 2.75) is 33.1 Å². The van der Waals surface area contributed by atoms with Crippen LogP contribution in [0.3, 0.4) is 0 Å². The van der Waals surface area contributed by atoms with Crippen LogP contribution in [0.1, 0.15) is 32.6 Å². The van der Waals surface area contributed by atoms with Gasteiger partial charge < -0.3 is 14.6 Å². The minimum Gasteiger partial charge on any atom is -0.497 e. The lowest BCUT2D eigenvalue weighted by molar-refractivity contribution is -0.121. The van der Waals surface area contributed by atoms with E-state index in [1.165, 1.54) is 0 Å². The van der Waals surface area contributed by atoms with Crippen molar-refractivity contribution in [2.75, 3.05) is 13.7 Å². The maximum Gasteiger partial charge on any atom is 0.227 e. The Kier molecular flexibility index (Phi) is 6.14. The highest BCUT2D eigenvalue weighted by molar-refractivity contribution is 5.76. The molecule has 1 N–H and O–H groups in total. The van der Waals surface area contributed by atoms with Crippen molar-refractivity contribution in [3.8, 4) is 17.1 Å². The van der Waals surface area contributed by atoms with Crippen LogP contribution in [-0.4, -0.2) is 29.7 Å². The Bertz CT molecular complexity index is 638. The molecule has 0 radical (unpaired) electrons. The summed E-state index contributed by atoms with van der Waals surface area (Å²) in [5.74, 6) is 2.28. The number of nitrogens with zero attached hydrogens (tertiary/aromatic N) is 2. The zero-order chi connectivity index (χ0) is 16.7. The maximum atomic E-state index is 11.7. The minimum atomic E-state index is 0.00628. The van der Waals surface area contributed by atoms with Gasteiger partial charge in [0.25, 0.3) is 0 Å². The summed E-state index contributed by atoms with van der Waals surface area (Å²) in [5, 5.41) is 6.84. The number of benzene rings is 1. The summed E-state index contributed by atoms with van der Waals surface area (Å²) >= 11 is 0. The Morgan fingerprint density at radius 3 is 2.96 bits per heavy atom. The number of carbonyl (C=O) groups excluding carboxylic acids is 1. The first-order valence-corrected chi connectivity index (χ1v) is 7.82. The van der Waals surface area contributed by atoms with Crippen molar-refractivity contribution in [3.63, 3.8) is 0 Å². The molecular formula is C17H23N3O3. The summed E-state index contributed by atoms with van der Waals surface area (Å²) in [4.78, 5) is 16.1. The molecule has 1 amide bonds. The van der Waals surface area contributed by atoms with Crippen molar-refractivity contribution in [1.29, 1.82) is 0 Å². The topological polar surface area (TPSA) is 77.2 Å². The molecule has 23 heavy (non-hydrogen) atoms. The van der Waals surface area contributed by atoms with Crippen LogP contribution < -0.4 is 10.1 Å². The third kappa shape index (κ3) is 5.39. The summed E-state index contributed by atoms with van der Waals surface area (Å²) in [6.45, 7) is 4.96. The molecule has 2 aromatic rings. The zero-order valence-electron chi connectivity index (χ0n) is 13.8. The summed E-state index contributed by atoms with van der Waals surface area (Å²) in [5.41, 5.74) is 0.820. The number of aryl methyl sites for hydroxylation is 1. The molecule has 1 heterocycles. The van der Waals surface area contributed by atoms with Gasteiger partial charge in [-0.25, -0.2) is 0 Å². The fourth-order valence-electron chi connectivity index (χ4n) is 2.04. The van der Waals surface area contributed by atoms with Gasteiger partial charge in [0.15, 0.2) is 0 Å². The lowest BCUT2D eigenvalue weighted by Gasteiger charge is -2.05. The third-order valence-corrected chi connectivity index (χ3v) is 3.41. The molecule has 1 aromatic carbocycles. The number of aromatic nitrogens is 2. The molecule has 0 unspecified atom stereocenters. The van der Waals surface area contributed by atoms with Crippen LogP contribution in [0.5, 0.6) is 5.75 Å². The molecule has 0 aliphatic carbocycles. The highest BCUT2D eigenvalue weighted by Gasteiger charge is 2.11. The number of hydrogen-bond acceptors (Lipinski definition) is 5. The van der Waals surface area contributed by atoms with Crippen LogP contribution >= 0.6 is 0 Å². The smallest absolute Gasteiger partial charge is 0.227 e. The summed E-state index contributed by atoms with van der Waals surface area (Å²) in [7, 11) is 1.61. The summed E-state index contributed by atoms with van der Waals surface area (Å²) < 4.78 is 10.4. The molecule has 6 heteroatoms. The monoisotopic (exact) mass is 317 g/mol. The number of rotatable bonds is 8. The molecule has 0 aliphatic rings. The first-order valence-electron chi connectivity index (χ1n) is 7.82. The summed E-state index contributed by atoms with van der Waals surface area (Å²) in [6, 6.07) is 7.45. The Morgan fingerprint density at radius 2 is 2.22 bits per heavy atom. The van der Waals surface area contributed by atoms with Crippen LogP contribution in [0.4, 0.5) is 0 Å². The van der Waals surface area contributed by atoms with E-state index in [2.05, 4.69) is 29.3 Å². The van der Waals surface area contributed by atoms with Crippen LogP contribution in [0, 0.1) is 5.92 Å². The molecule has 1 aromatic heterocycles. The Hall–Kier alpha value is -2.37. The number of nitrogens with one attached hydrogen (secondary N) is 1. The lowest BCUT2D eigenvalue weighted by atomic mass is 10.1. The average Bonchev–Trinajstić information content (AvgIpc) is 3.01. The molecule has 124 valence electrons. The fourth-order valence-corrected chi connectivity index (χ4v) is 2.04. The molecule has 0 atom stereocenters. The SMILES string of the molecule is COc1cccc(-c2noc(CCC(=O)NCCC(C)C)n2)c1. The van der Waals surface area contributed by atoms with Crippen molar-refractivity contribution in [1.82, 2.24) is 15.5 Å². The fraction of sp³-hybridized carbons (Fsp3) is 0.471. The standard InChI is InChI=1S/C17H23N3O3/c1-12(2)9-10-18-15(21)7-8-16-19-17(20-23-16)13-5-4-6-14(11-13)22-3/h4-6,11-12H,7-10H2,1-3H3,(H,18,21). The molecule has 2 rings (SSSR count). The minimum absolute atomic E-state index is 0.00628. The van der Waals surface area contributed by atoms with Gasteiger partial charge in [-0.2, -0.15) is 4.98 Å². The van der Waals surface area contributed by atoms with Gasteiger partial charge in [0.2, 0.25) is 17.6 Å². The van der Waals surface area contributed by atoms with Crippen molar-refractivity contribution in [3.05, 3.63) is 30.2 Å². The van der Waals surface area contributed by atoms with Crippen LogP contribution in [0.15, 0.2) is 28.8 Å². The van der Waals surface area contributed by atoms with Crippen molar-refractivity contribution in [2.24, 2.45) is 5.92 Å². The maximum absolute atomic E-state index is 11.7. The summed E-state index contributed by atoms with van der Waals surface area (Å²) in [6.07, 6.45) is 1.76. The average molecular weight is 317 g/mol. The van der Waals surface area contributed by atoms with E-state index in [4.69, 9.17) is 9.26 Å². The van der Waals surface area contributed by atoms with Gasteiger partial charge in [-0.3, -0.25) is 4.79 Å². The highest BCUT2D eigenvalue weighted by atomic mass is 16.5. The van der Waals surface area contributed by atoms with E-state index in [9.17, 15) is 4.79 Å². The Balaban J connectivity index is 1.86. The van der Waals surface area contributed by atoms with Gasteiger partial charge in [-0.05, 0) is 24.5 Å². The van der Waals surface area contributed by atoms with E-state index in [-0.39, 0.29) is 5.91 Å². The van der Waals surface area contributed by atoms with Crippen LogP contribution in [0.25, 0.3) is 11.4 Å². The zero-order valence-corrected chi connectivity index (χ0v) is 13.8. The van der Waals surface area contributed by atoms with Crippen LogP contribution in [0.2, 0.25) is 0 Å². The molecule has 0 bridgehead atoms. The molecule has 6 nitrogen and oxygen atoms in total. The molecule has 0 saturated heterocycles. The number of ether oxygens (including phenoxy) is 1. The van der Waals surface area contributed by atoms with Gasteiger partial charge >= 0.3 is 0 Å². The van der Waals surface area contributed by atoms with E-state index in [1.807, 2.05) is 24.3 Å². The number of hydrogen-bond donors (Lipinski definition) is 1. The molecule has 0 fully saturated rings. The van der Waals surface area contributed by atoms with E-state index in [1.54, 1.807) is 7.11 Å². The van der Waals surface area contributed by atoms with Gasteiger partial charge in [0.05, 0.1) is 7.11 Å². The number of methoxy groups -OCH3 is 1. The lowest BCUT2D eigenvalue weighted by Crippen LogP contribution is -2.25. The van der Waals surface area contributed by atoms with Gasteiger partial charge in [-0.15, -0.1) is 0 Å². The Morgan fingerprint density at radius 1 is 1.39 bits per heavy atom. The second kappa shape index (κ2) is 8.31. The predicted octanol–water partition coefficient (Wildman–Crippen LogP) is 2.84. The first-order chi connectivity index (χ1) is 11.1. The first kappa shape index (κ1) is 17.0. The number of carbonyl (C=O) groups is 1. The molecular weight excluding hydrogens is 294 g/mol. The van der Waals surface area contributed by atoms with Crippen LogP contribution in [-0.2, 0) is 11.2 Å². The van der Waals surface area contributed by atoms with Crippen molar-refractivity contribution >= 4 is 5.91 Å². The van der Waals surface area contributed by atoms with Gasteiger partial charge in [-0.1, -0.05) is 31.1 Å². The third-order valence-electron chi connectivity index (χ3n) is 3.41. The van der Waals surface area contributed by atoms with Gasteiger partial charge in [0.1, 0.15) is 5.75 Å². The van der Waals surface area contributed by atoms with E-state index in [0.29, 0.717) is 37.0 Å². The molecule has 0 aliphatic heterocycles. The van der Waals surface area contributed by atoms with Crippen molar-refractivity contribution < 1.29 is 14.1 Å². The number of amides is 1. The largest absolute Gasteiger partial charge is 0.497 e. The Labute approximate surface area is 136 Å². The molecule has 0 saturated carbocycles. The van der Waals surface area contributed by atoms with E-state index < -0.39 is 0 Å².